The number of thiophene rings is 1. The summed E-state index contributed by atoms with van der Waals surface area (Å²) in [6, 6.07) is 5.09. The van der Waals surface area contributed by atoms with Gasteiger partial charge in [-0.3, -0.25) is 4.90 Å². The summed E-state index contributed by atoms with van der Waals surface area (Å²) in [7, 11) is 0. The van der Waals surface area contributed by atoms with E-state index in [1.165, 1.54) is 34.4 Å². The van der Waals surface area contributed by atoms with Gasteiger partial charge in [0.1, 0.15) is 11.5 Å². The summed E-state index contributed by atoms with van der Waals surface area (Å²) >= 11 is 1.53. The lowest BCUT2D eigenvalue weighted by molar-refractivity contribution is 0.243. The Bertz CT molecular complexity index is 987. The van der Waals surface area contributed by atoms with Crippen LogP contribution in [0.5, 0.6) is 0 Å². The van der Waals surface area contributed by atoms with Crippen LogP contribution in [0.25, 0.3) is 5.69 Å². The maximum atomic E-state index is 13.9. The van der Waals surface area contributed by atoms with Crippen molar-refractivity contribution in [2.24, 2.45) is 0 Å². The number of aryl methyl sites for hydroxylation is 2. The number of para-hydroxylation sites is 1. The zero-order chi connectivity index (χ0) is 18.8. The summed E-state index contributed by atoms with van der Waals surface area (Å²) in [6.07, 6.45) is 0.705. The van der Waals surface area contributed by atoms with Crippen LogP contribution in [-0.4, -0.2) is 32.4 Å². The summed E-state index contributed by atoms with van der Waals surface area (Å²) in [6.45, 7) is 6.20. The Morgan fingerprint density at radius 3 is 2.62 bits per heavy atom. The first kappa shape index (κ1) is 18.0. The van der Waals surface area contributed by atoms with Gasteiger partial charge in [0.2, 0.25) is 0 Å². The van der Waals surface area contributed by atoms with Gasteiger partial charge in [-0.25, -0.2) is 14.0 Å². The molecule has 0 radical (unpaired) electrons. The number of carbonyl (C=O) groups excluding carboxylic acids is 1. The van der Waals surface area contributed by atoms with E-state index in [1.807, 2.05) is 26.2 Å². The molecule has 0 saturated heterocycles. The lowest BCUT2D eigenvalue weighted by Gasteiger charge is -2.22. The van der Waals surface area contributed by atoms with Gasteiger partial charge in [0, 0.05) is 11.4 Å². The molecule has 0 N–H and O–H groups in total. The van der Waals surface area contributed by atoms with Crippen molar-refractivity contribution in [3.63, 3.8) is 0 Å². The van der Waals surface area contributed by atoms with Gasteiger partial charge in [-0.1, -0.05) is 19.1 Å². The summed E-state index contributed by atoms with van der Waals surface area (Å²) in [5.41, 5.74) is 0.853. The Kier molecular flexibility index (Phi) is 4.99. The summed E-state index contributed by atoms with van der Waals surface area (Å²) in [5.74, 6) is -0.621. The summed E-state index contributed by atoms with van der Waals surface area (Å²) in [5, 5.41) is 9.29. The summed E-state index contributed by atoms with van der Waals surface area (Å²) in [4.78, 5) is 28.1. The second kappa shape index (κ2) is 7.20. The third kappa shape index (κ3) is 3.05. The van der Waals surface area contributed by atoms with E-state index in [0.29, 0.717) is 17.6 Å². The van der Waals surface area contributed by atoms with Gasteiger partial charge in [0.15, 0.2) is 0 Å². The van der Waals surface area contributed by atoms with Crippen LogP contribution in [0.15, 0.2) is 34.4 Å². The SMILES string of the molecule is CCCN(C(=O)n1nnn(-c2ccccc2F)c1=O)c1c(C)csc1C. The number of rotatable bonds is 4. The highest BCUT2D eigenvalue weighted by Gasteiger charge is 2.26. The first-order valence-electron chi connectivity index (χ1n) is 8.12. The van der Waals surface area contributed by atoms with Crippen LogP contribution in [0.2, 0.25) is 0 Å². The third-order valence-electron chi connectivity index (χ3n) is 3.91. The topological polar surface area (TPSA) is 73.0 Å². The summed E-state index contributed by atoms with van der Waals surface area (Å²) < 4.78 is 15.4. The van der Waals surface area contributed by atoms with Crippen molar-refractivity contribution < 1.29 is 9.18 Å². The maximum absolute atomic E-state index is 13.9. The first-order valence-corrected chi connectivity index (χ1v) is 9.00. The second-order valence-corrected chi connectivity index (χ2v) is 6.88. The van der Waals surface area contributed by atoms with Crippen molar-refractivity contribution in [1.29, 1.82) is 0 Å². The Labute approximate surface area is 153 Å². The minimum Gasteiger partial charge on any atom is -0.291 e. The Morgan fingerprint density at radius 1 is 1.27 bits per heavy atom. The van der Waals surface area contributed by atoms with Gasteiger partial charge in [-0.05, 0) is 53.8 Å². The van der Waals surface area contributed by atoms with Gasteiger partial charge in [-0.15, -0.1) is 16.0 Å². The quantitative estimate of drug-likeness (QED) is 0.657. The number of tetrazole rings is 1. The third-order valence-corrected chi connectivity index (χ3v) is 4.93. The standard InChI is InChI=1S/C17H18FN5O2S/c1-4-9-21(15-11(2)10-26-12(15)3)16(24)23-17(25)22(19-20-23)14-8-6-5-7-13(14)18/h5-8,10H,4,9H2,1-3H3. The fourth-order valence-corrected chi connectivity index (χ4v) is 3.60. The number of nitrogens with zero attached hydrogens (tertiary/aromatic N) is 5. The average Bonchev–Trinajstić information content (AvgIpc) is 3.15. The molecule has 0 bridgehead atoms. The second-order valence-electron chi connectivity index (χ2n) is 5.79. The molecule has 2 heterocycles. The van der Waals surface area contributed by atoms with Crippen molar-refractivity contribution in [1.82, 2.24) is 19.8 Å². The Hall–Kier alpha value is -2.81. The molecule has 0 atom stereocenters. The van der Waals surface area contributed by atoms with E-state index in [4.69, 9.17) is 0 Å². The molecule has 0 unspecified atom stereocenters. The average molecular weight is 375 g/mol. The highest BCUT2D eigenvalue weighted by Crippen LogP contribution is 2.30. The number of hydrogen-bond acceptors (Lipinski definition) is 5. The normalized spacial score (nSPS) is 10.9. The molecule has 9 heteroatoms. The number of anilines is 1. The molecule has 3 rings (SSSR count). The highest BCUT2D eigenvalue weighted by atomic mass is 32.1. The van der Waals surface area contributed by atoms with E-state index >= 15 is 0 Å². The molecule has 0 saturated carbocycles. The predicted octanol–water partition coefficient (Wildman–Crippen LogP) is 3.13. The number of aromatic nitrogens is 4. The predicted molar refractivity (Wildman–Crippen MR) is 97.8 cm³/mol. The van der Waals surface area contributed by atoms with Gasteiger partial charge >= 0.3 is 11.7 Å². The van der Waals surface area contributed by atoms with Gasteiger partial charge in [0.25, 0.3) is 0 Å². The highest BCUT2D eigenvalue weighted by molar-refractivity contribution is 7.10. The van der Waals surface area contributed by atoms with E-state index in [2.05, 4.69) is 10.4 Å². The van der Waals surface area contributed by atoms with Crippen LogP contribution in [0, 0.1) is 19.7 Å². The van der Waals surface area contributed by atoms with Crippen molar-refractivity contribution in [3.8, 4) is 5.69 Å². The van der Waals surface area contributed by atoms with Crippen molar-refractivity contribution in [2.75, 3.05) is 11.4 Å². The van der Waals surface area contributed by atoms with Gasteiger partial charge in [0.05, 0.1) is 5.69 Å². The van der Waals surface area contributed by atoms with Crippen LogP contribution in [0.1, 0.15) is 23.8 Å². The molecule has 0 aliphatic heterocycles. The molecular weight excluding hydrogens is 357 g/mol. The van der Waals surface area contributed by atoms with Crippen LogP contribution in [-0.2, 0) is 0 Å². The Morgan fingerprint density at radius 2 is 2.00 bits per heavy atom. The zero-order valence-electron chi connectivity index (χ0n) is 14.6. The lowest BCUT2D eigenvalue weighted by Crippen LogP contribution is -2.42. The lowest BCUT2D eigenvalue weighted by atomic mass is 10.2. The molecule has 0 spiro atoms. The van der Waals surface area contributed by atoms with Crippen LogP contribution in [0.3, 0.4) is 0 Å². The van der Waals surface area contributed by atoms with E-state index in [1.54, 1.807) is 6.07 Å². The first-order chi connectivity index (χ1) is 12.5. The minimum atomic E-state index is -0.813. The number of benzene rings is 1. The molecule has 2 aromatic heterocycles. The maximum Gasteiger partial charge on any atom is 0.377 e. The molecule has 0 aliphatic carbocycles. The van der Waals surface area contributed by atoms with Crippen molar-refractivity contribution in [3.05, 3.63) is 56.4 Å². The van der Waals surface area contributed by atoms with E-state index in [-0.39, 0.29) is 5.69 Å². The molecule has 1 amide bonds. The molecule has 26 heavy (non-hydrogen) atoms. The number of carbonyl (C=O) groups is 1. The number of hydrogen-bond donors (Lipinski definition) is 0. The van der Waals surface area contributed by atoms with E-state index < -0.39 is 17.5 Å². The largest absolute Gasteiger partial charge is 0.377 e. The monoisotopic (exact) mass is 375 g/mol. The minimum absolute atomic E-state index is 0.0542. The molecule has 0 aliphatic rings. The van der Waals surface area contributed by atoms with E-state index in [9.17, 15) is 14.0 Å². The number of halogens is 1. The van der Waals surface area contributed by atoms with Crippen LogP contribution < -0.4 is 10.6 Å². The molecule has 1 aromatic carbocycles. The fourth-order valence-electron chi connectivity index (χ4n) is 2.75. The van der Waals surface area contributed by atoms with Crippen molar-refractivity contribution >= 4 is 23.1 Å². The molecule has 136 valence electrons. The number of amides is 1. The van der Waals surface area contributed by atoms with Gasteiger partial charge in [-0.2, -0.15) is 4.68 Å². The molecule has 3 aromatic rings. The molecule has 0 fully saturated rings. The smallest absolute Gasteiger partial charge is 0.291 e. The van der Waals surface area contributed by atoms with Crippen LogP contribution in [0.4, 0.5) is 14.9 Å². The zero-order valence-corrected chi connectivity index (χ0v) is 15.5. The molecule has 7 nitrogen and oxygen atoms in total. The van der Waals surface area contributed by atoms with E-state index in [0.717, 1.165) is 20.8 Å². The van der Waals surface area contributed by atoms with Crippen molar-refractivity contribution in [2.45, 2.75) is 27.2 Å². The fraction of sp³-hybridized carbons (Fsp3) is 0.294. The van der Waals surface area contributed by atoms with Gasteiger partial charge < -0.3 is 0 Å². The molecular formula is C17H18FN5O2S. The van der Waals surface area contributed by atoms with Crippen LogP contribution >= 0.6 is 11.3 Å². The Balaban J connectivity index is 2.05.